The summed E-state index contributed by atoms with van der Waals surface area (Å²) in [5.41, 5.74) is 0.547. The van der Waals surface area contributed by atoms with Crippen molar-refractivity contribution in [2.75, 3.05) is 27.2 Å². The lowest BCUT2D eigenvalue weighted by Crippen LogP contribution is -2.33. The van der Waals surface area contributed by atoms with Gasteiger partial charge in [0.1, 0.15) is 5.58 Å². The van der Waals surface area contributed by atoms with Crippen LogP contribution in [0.4, 0.5) is 5.69 Å². The minimum Gasteiger partial charge on any atom is -0.503 e. The molecule has 1 amide bonds. The number of nitro benzene ring substituents is 1. The van der Waals surface area contributed by atoms with E-state index in [1.54, 1.807) is 36.4 Å². The van der Waals surface area contributed by atoms with Crippen molar-refractivity contribution < 1.29 is 24.0 Å². The van der Waals surface area contributed by atoms with Crippen molar-refractivity contribution in [2.45, 2.75) is 12.5 Å². The van der Waals surface area contributed by atoms with Crippen LogP contribution in [-0.2, 0) is 4.79 Å². The maximum atomic E-state index is 13.5. The van der Waals surface area contributed by atoms with Gasteiger partial charge in [-0.3, -0.25) is 19.7 Å². The maximum absolute atomic E-state index is 13.5. The molecule has 9 heteroatoms. The second-order valence-electron chi connectivity index (χ2n) is 8.15. The molecule has 33 heavy (non-hydrogen) atoms. The number of Topliss-reactive ketones (excluding diaryl/α,β-unsaturated/α-hetero) is 1. The highest BCUT2D eigenvalue weighted by Crippen LogP contribution is 2.40. The molecule has 0 fully saturated rings. The Hall–Kier alpha value is -3.98. The zero-order valence-electron chi connectivity index (χ0n) is 18.2. The highest BCUT2D eigenvalue weighted by Gasteiger charge is 2.44. The molecule has 1 aliphatic rings. The van der Waals surface area contributed by atoms with Crippen molar-refractivity contribution in [3.8, 4) is 0 Å². The van der Waals surface area contributed by atoms with Crippen molar-refractivity contribution in [1.29, 1.82) is 0 Å². The number of carbonyl (C=O) groups is 2. The average molecular weight is 449 g/mol. The van der Waals surface area contributed by atoms with Gasteiger partial charge in [-0.25, -0.2) is 0 Å². The van der Waals surface area contributed by atoms with E-state index < -0.39 is 28.4 Å². The molecule has 1 aliphatic heterocycles. The molecule has 2 aromatic carbocycles. The predicted molar refractivity (Wildman–Crippen MR) is 121 cm³/mol. The van der Waals surface area contributed by atoms with Crippen LogP contribution in [0, 0.1) is 10.1 Å². The number of para-hydroxylation sites is 1. The third-order valence-electron chi connectivity index (χ3n) is 5.60. The average Bonchev–Trinajstić information content (AvgIpc) is 3.33. The van der Waals surface area contributed by atoms with Gasteiger partial charge >= 0.3 is 0 Å². The molecular weight excluding hydrogens is 426 g/mol. The van der Waals surface area contributed by atoms with E-state index in [0.29, 0.717) is 29.5 Å². The number of carbonyl (C=O) groups excluding carboxylic acids is 2. The number of nitro groups is 1. The smallest absolute Gasteiger partial charge is 0.290 e. The minimum absolute atomic E-state index is 0.0175. The van der Waals surface area contributed by atoms with Crippen molar-refractivity contribution in [1.82, 2.24) is 9.80 Å². The van der Waals surface area contributed by atoms with Gasteiger partial charge < -0.3 is 19.3 Å². The van der Waals surface area contributed by atoms with Crippen LogP contribution in [0.15, 0.2) is 70.3 Å². The molecule has 0 saturated heterocycles. The standard InChI is InChI=1S/C24H23N3O6/c1-25(2)11-6-12-26-21(16-8-5-9-17(13-16)27(31)32)20(23(29)24(26)30)22(28)19-14-15-7-3-4-10-18(15)33-19/h3-5,7-10,13-14,21,29H,6,11-12H2,1-2H3/t21-/m0/s1. The third kappa shape index (κ3) is 4.22. The van der Waals surface area contributed by atoms with E-state index >= 15 is 0 Å². The van der Waals surface area contributed by atoms with E-state index in [1.807, 2.05) is 19.0 Å². The van der Waals surface area contributed by atoms with Crippen molar-refractivity contribution in [3.63, 3.8) is 0 Å². The number of hydrogen-bond donors (Lipinski definition) is 1. The number of ketones is 1. The lowest BCUT2D eigenvalue weighted by Gasteiger charge is -2.27. The number of benzene rings is 2. The van der Waals surface area contributed by atoms with E-state index in [9.17, 15) is 24.8 Å². The number of fused-ring (bicyclic) bond motifs is 1. The lowest BCUT2D eigenvalue weighted by atomic mass is 9.94. The van der Waals surface area contributed by atoms with Gasteiger partial charge in [-0.2, -0.15) is 0 Å². The maximum Gasteiger partial charge on any atom is 0.290 e. The molecular formula is C24H23N3O6. The van der Waals surface area contributed by atoms with Crippen LogP contribution in [0.1, 0.15) is 28.6 Å². The first-order valence-corrected chi connectivity index (χ1v) is 10.4. The van der Waals surface area contributed by atoms with E-state index in [4.69, 9.17) is 4.42 Å². The van der Waals surface area contributed by atoms with E-state index in [1.165, 1.54) is 23.1 Å². The van der Waals surface area contributed by atoms with E-state index in [2.05, 4.69) is 0 Å². The van der Waals surface area contributed by atoms with Gasteiger partial charge in [0.25, 0.3) is 11.6 Å². The van der Waals surface area contributed by atoms with Crippen molar-refractivity contribution in [2.24, 2.45) is 0 Å². The largest absolute Gasteiger partial charge is 0.503 e. The summed E-state index contributed by atoms with van der Waals surface area (Å²) in [6.45, 7) is 0.935. The van der Waals surface area contributed by atoms with Crippen LogP contribution in [-0.4, -0.2) is 58.7 Å². The van der Waals surface area contributed by atoms with Crippen LogP contribution >= 0.6 is 0 Å². The van der Waals surface area contributed by atoms with Gasteiger partial charge in [-0.1, -0.05) is 30.3 Å². The summed E-state index contributed by atoms with van der Waals surface area (Å²) in [4.78, 5) is 40.6. The first kappa shape index (κ1) is 22.2. The van der Waals surface area contributed by atoms with Gasteiger partial charge in [0.2, 0.25) is 5.78 Å². The Kier molecular flexibility index (Phi) is 5.97. The number of nitrogens with zero attached hydrogens (tertiary/aromatic N) is 3. The summed E-state index contributed by atoms with van der Waals surface area (Å²) in [6, 6.07) is 13.4. The summed E-state index contributed by atoms with van der Waals surface area (Å²) < 4.78 is 5.68. The topological polar surface area (TPSA) is 117 Å². The van der Waals surface area contributed by atoms with Gasteiger partial charge in [0, 0.05) is 24.1 Å². The molecule has 0 aliphatic carbocycles. The van der Waals surface area contributed by atoms with Crippen molar-refractivity contribution >= 4 is 28.3 Å². The van der Waals surface area contributed by atoms with Crippen LogP contribution < -0.4 is 0 Å². The SMILES string of the molecule is CN(C)CCCN1C(=O)C(O)=C(C(=O)c2cc3ccccc3o2)[C@@H]1c1cccc([N+](=O)[O-])c1. The fraction of sp³-hybridized carbons (Fsp3) is 0.250. The molecule has 9 nitrogen and oxygen atoms in total. The molecule has 0 unspecified atom stereocenters. The second kappa shape index (κ2) is 8.87. The quantitative estimate of drug-likeness (QED) is 0.315. The highest BCUT2D eigenvalue weighted by atomic mass is 16.6. The van der Waals surface area contributed by atoms with E-state index in [-0.39, 0.29) is 23.6 Å². The first-order chi connectivity index (χ1) is 15.8. The summed E-state index contributed by atoms with van der Waals surface area (Å²) in [6.07, 6.45) is 0.587. The molecule has 0 saturated carbocycles. The zero-order chi connectivity index (χ0) is 23.7. The zero-order valence-corrected chi connectivity index (χ0v) is 18.2. The number of amides is 1. The second-order valence-corrected chi connectivity index (χ2v) is 8.15. The number of aliphatic hydroxyl groups excluding tert-OH is 1. The predicted octanol–water partition coefficient (Wildman–Crippen LogP) is 3.87. The molecule has 3 aromatic rings. The summed E-state index contributed by atoms with van der Waals surface area (Å²) in [7, 11) is 3.80. The molecule has 0 radical (unpaired) electrons. The Morgan fingerprint density at radius 3 is 2.64 bits per heavy atom. The molecule has 2 heterocycles. The summed E-state index contributed by atoms with van der Waals surface area (Å²) in [5.74, 6) is -2.01. The van der Waals surface area contributed by atoms with Crippen LogP contribution in [0.25, 0.3) is 11.0 Å². The molecule has 170 valence electrons. The Morgan fingerprint density at radius 2 is 1.94 bits per heavy atom. The molecule has 1 N–H and O–H groups in total. The number of hydrogen-bond acceptors (Lipinski definition) is 7. The van der Waals surface area contributed by atoms with E-state index in [0.717, 1.165) is 0 Å². The number of aliphatic hydroxyl groups is 1. The Morgan fingerprint density at radius 1 is 1.18 bits per heavy atom. The normalized spacial score (nSPS) is 16.3. The number of rotatable bonds is 8. The molecule has 0 spiro atoms. The summed E-state index contributed by atoms with van der Waals surface area (Å²) >= 11 is 0. The molecule has 1 atom stereocenters. The fourth-order valence-electron chi connectivity index (χ4n) is 4.06. The van der Waals surface area contributed by atoms with Crippen molar-refractivity contribution in [3.05, 3.63) is 87.4 Å². The number of non-ortho nitro benzene ring substituents is 1. The molecule has 1 aromatic heterocycles. The first-order valence-electron chi connectivity index (χ1n) is 10.4. The highest BCUT2D eigenvalue weighted by molar-refractivity contribution is 6.16. The van der Waals surface area contributed by atoms with Gasteiger partial charge in [0.05, 0.1) is 16.5 Å². The summed E-state index contributed by atoms with van der Waals surface area (Å²) in [5, 5.41) is 22.8. The Labute approximate surface area is 189 Å². The minimum atomic E-state index is -0.972. The molecule has 0 bridgehead atoms. The van der Waals surface area contributed by atoms with Gasteiger partial charge in [0.15, 0.2) is 11.5 Å². The van der Waals surface area contributed by atoms with Gasteiger partial charge in [-0.05, 0) is 44.8 Å². The monoisotopic (exact) mass is 449 g/mol. The third-order valence-corrected chi connectivity index (χ3v) is 5.60. The van der Waals surface area contributed by atoms with Gasteiger partial charge in [-0.15, -0.1) is 0 Å². The van der Waals surface area contributed by atoms with Crippen LogP contribution in [0.2, 0.25) is 0 Å². The lowest BCUT2D eigenvalue weighted by molar-refractivity contribution is -0.384. The van der Waals surface area contributed by atoms with Crippen LogP contribution in [0.5, 0.6) is 0 Å². The Balaban J connectivity index is 1.78. The Bertz CT molecular complexity index is 1240. The van der Waals surface area contributed by atoms with Crippen LogP contribution in [0.3, 0.4) is 0 Å². The molecule has 4 rings (SSSR count). The fourth-order valence-corrected chi connectivity index (χ4v) is 4.06. The number of furan rings is 1.